The van der Waals surface area contributed by atoms with Gasteiger partial charge in [-0.05, 0) is 19.1 Å². The van der Waals surface area contributed by atoms with E-state index in [1.165, 1.54) is 6.92 Å². The van der Waals surface area contributed by atoms with Gasteiger partial charge in [0.1, 0.15) is 5.52 Å². The zero-order valence-electron chi connectivity index (χ0n) is 14.7. The molecule has 144 valence electrons. The number of fused-ring (bicyclic) bond motifs is 2. The molecular weight excluding hydrogens is 386 g/mol. The van der Waals surface area contributed by atoms with Crippen LogP contribution >= 0.6 is 0 Å². The molecule has 0 atom stereocenters. The van der Waals surface area contributed by atoms with Crippen molar-refractivity contribution in [2.45, 2.75) is 6.92 Å². The standard InChI is InChI=1S/C18H10F2N6O3/c1-8-15(26-13-7-11(20)10(19)6-12(13)22-24-26)17(27)25(18(28)21-8)16-9-4-2-3-5-14(9)29-23-16/h2-7H,1H3,(H,21,28). The quantitative estimate of drug-likeness (QED) is 0.488. The SMILES string of the molecule is Cc1[nH]c(=O)n(-c2noc3ccccc23)c(=O)c1-n1nnc2cc(F)c(F)cc21. The van der Waals surface area contributed by atoms with Gasteiger partial charge in [0.15, 0.2) is 28.7 Å². The van der Waals surface area contributed by atoms with E-state index in [-0.39, 0.29) is 28.2 Å². The van der Waals surface area contributed by atoms with E-state index in [4.69, 9.17) is 4.52 Å². The second-order valence-corrected chi connectivity index (χ2v) is 6.30. The number of hydrogen-bond donors (Lipinski definition) is 1. The van der Waals surface area contributed by atoms with E-state index in [9.17, 15) is 18.4 Å². The molecule has 0 fully saturated rings. The Balaban J connectivity index is 1.85. The van der Waals surface area contributed by atoms with Crippen LogP contribution in [0, 0.1) is 18.6 Å². The van der Waals surface area contributed by atoms with Gasteiger partial charge in [-0.2, -0.15) is 0 Å². The van der Waals surface area contributed by atoms with Gasteiger partial charge in [-0.15, -0.1) is 5.10 Å². The summed E-state index contributed by atoms with van der Waals surface area (Å²) in [6.07, 6.45) is 0. The number of para-hydroxylation sites is 1. The summed E-state index contributed by atoms with van der Waals surface area (Å²) in [5.74, 6) is -2.21. The van der Waals surface area contributed by atoms with Gasteiger partial charge in [0.2, 0.25) is 0 Å². The van der Waals surface area contributed by atoms with E-state index in [0.29, 0.717) is 11.0 Å². The molecule has 0 radical (unpaired) electrons. The van der Waals surface area contributed by atoms with Crippen LogP contribution in [0.1, 0.15) is 5.69 Å². The average molecular weight is 396 g/mol. The molecule has 0 amide bonds. The summed E-state index contributed by atoms with van der Waals surface area (Å²) in [6, 6.07) is 8.47. The van der Waals surface area contributed by atoms with Crippen LogP contribution < -0.4 is 11.2 Å². The molecule has 2 aromatic carbocycles. The molecule has 0 aliphatic carbocycles. The van der Waals surface area contributed by atoms with Gasteiger partial charge >= 0.3 is 5.69 Å². The predicted octanol–water partition coefficient (Wildman–Crippen LogP) is 1.99. The Labute approximate surface area is 158 Å². The smallest absolute Gasteiger partial charge is 0.334 e. The van der Waals surface area contributed by atoms with Crippen LogP contribution in [-0.4, -0.2) is 29.7 Å². The first kappa shape index (κ1) is 17.0. The number of halogens is 2. The van der Waals surface area contributed by atoms with Crippen LogP contribution in [0.3, 0.4) is 0 Å². The van der Waals surface area contributed by atoms with Crippen molar-refractivity contribution in [1.82, 2.24) is 29.7 Å². The highest BCUT2D eigenvalue weighted by molar-refractivity contribution is 5.84. The average Bonchev–Trinajstić information content (AvgIpc) is 3.27. The van der Waals surface area contributed by atoms with Gasteiger partial charge in [0, 0.05) is 17.8 Å². The van der Waals surface area contributed by atoms with Crippen LogP contribution in [0.25, 0.3) is 33.5 Å². The minimum Gasteiger partial charge on any atom is -0.354 e. The van der Waals surface area contributed by atoms with Gasteiger partial charge in [0.25, 0.3) is 5.56 Å². The lowest BCUT2D eigenvalue weighted by atomic mass is 10.2. The molecule has 0 saturated carbocycles. The number of H-pyrrole nitrogens is 1. The largest absolute Gasteiger partial charge is 0.354 e. The van der Waals surface area contributed by atoms with Crippen LogP contribution in [-0.2, 0) is 0 Å². The van der Waals surface area contributed by atoms with E-state index in [0.717, 1.165) is 21.4 Å². The summed E-state index contributed by atoms with van der Waals surface area (Å²) >= 11 is 0. The summed E-state index contributed by atoms with van der Waals surface area (Å²) < 4.78 is 34.3. The van der Waals surface area contributed by atoms with Crippen LogP contribution in [0.4, 0.5) is 8.78 Å². The molecule has 5 rings (SSSR count). The normalized spacial score (nSPS) is 11.6. The number of hydrogen-bond acceptors (Lipinski definition) is 6. The molecule has 0 saturated heterocycles. The molecule has 29 heavy (non-hydrogen) atoms. The maximum absolute atomic E-state index is 13.8. The number of aryl methyl sites for hydroxylation is 1. The Morgan fingerprint density at radius 2 is 1.86 bits per heavy atom. The molecular formula is C18H10F2N6O3. The van der Waals surface area contributed by atoms with Gasteiger partial charge in [-0.25, -0.2) is 22.8 Å². The van der Waals surface area contributed by atoms with Crippen molar-refractivity contribution in [3.63, 3.8) is 0 Å². The van der Waals surface area contributed by atoms with Crippen LogP contribution in [0.5, 0.6) is 0 Å². The van der Waals surface area contributed by atoms with Gasteiger partial charge in [-0.1, -0.05) is 22.5 Å². The van der Waals surface area contributed by atoms with E-state index in [2.05, 4.69) is 20.5 Å². The summed E-state index contributed by atoms with van der Waals surface area (Å²) in [4.78, 5) is 28.4. The number of aromatic nitrogens is 6. The van der Waals surface area contributed by atoms with Crippen molar-refractivity contribution in [1.29, 1.82) is 0 Å². The first-order valence-corrected chi connectivity index (χ1v) is 8.37. The molecule has 9 nitrogen and oxygen atoms in total. The lowest BCUT2D eigenvalue weighted by Gasteiger charge is -2.08. The zero-order chi connectivity index (χ0) is 20.3. The first-order chi connectivity index (χ1) is 14.0. The van der Waals surface area contributed by atoms with Crippen molar-refractivity contribution >= 4 is 22.0 Å². The minimum atomic E-state index is -1.12. The Kier molecular flexibility index (Phi) is 3.47. The van der Waals surface area contributed by atoms with Crippen LogP contribution in [0.2, 0.25) is 0 Å². The number of aromatic amines is 1. The zero-order valence-corrected chi connectivity index (χ0v) is 14.7. The second kappa shape index (κ2) is 5.92. The highest BCUT2D eigenvalue weighted by Gasteiger charge is 2.22. The maximum Gasteiger partial charge on any atom is 0.334 e. The summed E-state index contributed by atoms with van der Waals surface area (Å²) in [5, 5.41) is 11.9. The van der Waals surface area contributed by atoms with Crippen molar-refractivity contribution in [3.8, 4) is 11.5 Å². The fourth-order valence-corrected chi connectivity index (χ4v) is 3.19. The van der Waals surface area contributed by atoms with Crippen molar-refractivity contribution in [2.75, 3.05) is 0 Å². The number of rotatable bonds is 2. The van der Waals surface area contributed by atoms with E-state index in [1.807, 2.05) is 0 Å². The summed E-state index contributed by atoms with van der Waals surface area (Å²) in [6.45, 7) is 1.48. The Bertz CT molecular complexity index is 1550. The van der Waals surface area contributed by atoms with Crippen molar-refractivity contribution in [2.24, 2.45) is 0 Å². The fraction of sp³-hybridized carbons (Fsp3) is 0.0556. The Morgan fingerprint density at radius 3 is 2.69 bits per heavy atom. The van der Waals surface area contributed by atoms with Crippen LogP contribution in [0.15, 0.2) is 50.5 Å². The van der Waals surface area contributed by atoms with Crippen molar-refractivity contribution < 1.29 is 13.3 Å². The Hall–Kier alpha value is -4.15. The molecule has 0 bridgehead atoms. The first-order valence-electron chi connectivity index (χ1n) is 8.37. The molecule has 0 aliphatic rings. The summed E-state index contributed by atoms with van der Waals surface area (Å²) in [5.41, 5.74) is -0.940. The van der Waals surface area contributed by atoms with Crippen molar-refractivity contribution in [3.05, 3.63) is 74.6 Å². The predicted molar refractivity (Wildman–Crippen MR) is 97.3 cm³/mol. The number of nitrogens with one attached hydrogen (secondary N) is 1. The Morgan fingerprint density at radius 1 is 1.10 bits per heavy atom. The summed E-state index contributed by atoms with van der Waals surface area (Å²) in [7, 11) is 0. The highest BCUT2D eigenvalue weighted by atomic mass is 19.2. The molecule has 11 heteroatoms. The molecule has 0 unspecified atom stereocenters. The number of benzene rings is 2. The lowest BCUT2D eigenvalue weighted by Crippen LogP contribution is -2.37. The maximum atomic E-state index is 13.8. The van der Waals surface area contributed by atoms with E-state index < -0.39 is 22.9 Å². The molecule has 1 N–H and O–H groups in total. The van der Waals surface area contributed by atoms with E-state index >= 15 is 0 Å². The third-order valence-corrected chi connectivity index (χ3v) is 4.53. The molecule has 0 aliphatic heterocycles. The number of nitrogens with zero attached hydrogens (tertiary/aromatic N) is 5. The van der Waals surface area contributed by atoms with Gasteiger partial charge < -0.3 is 9.51 Å². The molecule has 5 aromatic rings. The molecule has 3 aromatic heterocycles. The topological polar surface area (TPSA) is 112 Å². The molecule has 0 spiro atoms. The third kappa shape index (κ3) is 2.40. The van der Waals surface area contributed by atoms with E-state index in [1.54, 1.807) is 24.3 Å². The molecule has 3 heterocycles. The second-order valence-electron chi connectivity index (χ2n) is 6.30. The lowest BCUT2D eigenvalue weighted by molar-refractivity contribution is 0.450. The fourth-order valence-electron chi connectivity index (χ4n) is 3.19. The third-order valence-electron chi connectivity index (χ3n) is 4.53. The highest BCUT2D eigenvalue weighted by Crippen LogP contribution is 2.21. The minimum absolute atomic E-state index is 0.00486. The van der Waals surface area contributed by atoms with Gasteiger partial charge in [0.05, 0.1) is 10.9 Å². The monoisotopic (exact) mass is 396 g/mol. The van der Waals surface area contributed by atoms with Gasteiger partial charge in [-0.3, -0.25) is 4.79 Å².